The van der Waals surface area contributed by atoms with Gasteiger partial charge in [0.05, 0.1) is 5.71 Å². The fraction of sp³-hybridized carbons (Fsp3) is 0.462. The quantitative estimate of drug-likeness (QED) is 0.584. The van der Waals surface area contributed by atoms with Gasteiger partial charge in [0, 0.05) is 42.1 Å². The molecule has 4 rings (SSSR count). The average Bonchev–Trinajstić information content (AvgIpc) is 3.35. The molecule has 8 nitrogen and oxygen atoms in total. The lowest BCUT2D eigenvalue weighted by atomic mass is 9.88. The molecule has 0 unspecified atom stereocenters. The predicted molar refractivity (Wildman–Crippen MR) is 140 cm³/mol. The van der Waals surface area contributed by atoms with E-state index in [1.54, 1.807) is 22.4 Å². The van der Waals surface area contributed by atoms with Crippen LogP contribution in [0, 0.1) is 11.7 Å². The summed E-state index contributed by atoms with van der Waals surface area (Å²) in [6.45, 7) is 10.7. The normalized spacial score (nSPS) is 16.5. The van der Waals surface area contributed by atoms with Crippen molar-refractivity contribution in [1.29, 1.82) is 0 Å². The number of primary amides is 1. The van der Waals surface area contributed by atoms with Gasteiger partial charge in [-0.3, -0.25) is 10.2 Å². The number of aromatic nitrogens is 1. The lowest BCUT2D eigenvalue weighted by Crippen LogP contribution is -2.43. The first-order valence-corrected chi connectivity index (χ1v) is 13.0. The van der Waals surface area contributed by atoms with Gasteiger partial charge < -0.3 is 15.4 Å². The molecular formula is C26H34FN5O3S. The van der Waals surface area contributed by atoms with Crippen molar-refractivity contribution in [3.05, 3.63) is 57.4 Å². The highest BCUT2D eigenvalue weighted by Crippen LogP contribution is 2.36. The van der Waals surface area contributed by atoms with Gasteiger partial charge in [-0.2, -0.15) is 5.10 Å². The van der Waals surface area contributed by atoms with E-state index in [0.717, 1.165) is 35.4 Å². The number of rotatable bonds is 4. The Balaban J connectivity index is 0.00000176. The smallest absolute Gasteiger partial charge is 0.410 e. The second kappa shape index (κ2) is 11.6. The third-order valence-corrected chi connectivity index (χ3v) is 6.63. The fourth-order valence-electron chi connectivity index (χ4n) is 4.04. The maximum atomic E-state index is 13.4. The highest BCUT2D eigenvalue weighted by Gasteiger charge is 2.32. The van der Waals surface area contributed by atoms with Crippen molar-refractivity contribution in [2.45, 2.75) is 59.5 Å². The SMILES string of the molecule is CC.CC(C)(C)OC(=O)N1CCC(C2=C(c3nc(C(N)=O)cs3)CC(c3ccc(F)cc3)=NN2)CC1. The standard InChI is InChI=1S/C24H28FN5O3S.C2H6/c1-24(2,3)33-23(32)30-10-8-15(9-11-30)20-17(22-27-19(13-34-22)21(26)31)12-18(28-29-20)14-4-6-16(25)7-5-14;1-2/h4-7,13,15,29H,8-12H2,1-3H3,(H2,26,31);1-2H3. The number of amides is 2. The van der Waals surface area contributed by atoms with Crippen molar-refractivity contribution >= 4 is 34.6 Å². The lowest BCUT2D eigenvalue weighted by molar-refractivity contribution is 0.0193. The van der Waals surface area contributed by atoms with Crippen LogP contribution in [0.4, 0.5) is 9.18 Å². The van der Waals surface area contributed by atoms with Crippen LogP contribution in [-0.4, -0.2) is 46.3 Å². The molecule has 0 spiro atoms. The van der Waals surface area contributed by atoms with Crippen LogP contribution < -0.4 is 11.2 Å². The topological polar surface area (TPSA) is 110 Å². The molecule has 1 fully saturated rings. The number of nitrogens with two attached hydrogens (primary N) is 1. The van der Waals surface area contributed by atoms with Crippen molar-refractivity contribution in [3.8, 4) is 0 Å². The van der Waals surface area contributed by atoms with Gasteiger partial charge in [0.15, 0.2) is 0 Å². The van der Waals surface area contributed by atoms with E-state index in [1.165, 1.54) is 23.5 Å². The van der Waals surface area contributed by atoms with Crippen LogP contribution in [0.3, 0.4) is 0 Å². The molecule has 2 aliphatic rings. The van der Waals surface area contributed by atoms with E-state index in [4.69, 9.17) is 10.5 Å². The van der Waals surface area contributed by atoms with E-state index in [2.05, 4.69) is 15.5 Å². The molecule has 2 aromatic rings. The number of halogens is 1. The third-order valence-electron chi connectivity index (χ3n) is 5.73. The summed E-state index contributed by atoms with van der Waals surface area (Å²) in [7, 11) is 0. The molecule has 3 heterocycles. The molecule has 10 heteroatoms. The predicted octanol–water partition coefficient (Wildman–Crippen LogP) is 5.16. The van der Waals surface area contributed by atoms with Gasteiger partial charge in [0.25, 0.3) is 5.91 Å². The number of ether oxygens (including phenoxy) is 1. The largest absolute Gasteiger partial charge is 0.444 e. The molecule has 1 aromatic carbocycles. The maximum Gasteiger partial charge on any atom is 0.410 e. The minimum Gasteiger partial charge on any atom is -0.444 e. The molecule has 1 saturated heterocycles. The van der Waals surface area contributed by atoms with Crippen molar-refractivity contribution in [3.63, 3.8) is 0 Å². The summed E-state index contributed by atoms with van der Waals surface area (Å²) in [6, 6.07) is 6.18. The van der Waals surface area contributed by atoms with Gasteiger partial charge in [0.1, 0.15) is 22.1 Å². The Hall–Kier alpha value is -3.27. The van der Waals surface area contributed by atoms with Crippen LogP contribution >= 0.6 is 11.3 Å². The second-order valence-electron chi connectivity index (χ2n) is 9.39. The number of thiazole rings is 1. The van der Waals surface area contributed by atoms with E-state index in [9.17, 15) is 14.0 Å². The Bertz CT molecular complexity index is 1140. The fourth-order valence-corrected chi connectivity index (χ4v) is 4.91. The van der Waals surface area contributed by atoms with Crippen LogP contribution in [0.1, 0.15) is 74.9 Å². The summed E-state index contributed by atoms with van der Waals surface area (Å²) >= 11 is 1.35. The summed E-state index contributed by atoms with van der Waals surface area (Å²) in [5.41, 5.74) is 11.7. The molecule has 0 radical (unpaired) electrons. The summed E-state index contributed by atoms with van der Waals surface area (Å²) in [5.74, 6) is -0.757. The first-order valence-electron chi connectivity index (χ1n) is 12.2. The third kappa shape index (κ3) is 6.69. The molecule has 3 N–H and O–H groups in total. The number of hydrogen-bond donors (Lipinski definition) is 2. The van der Waals surface area contributed by atoms with Gasteiger partial charge in [-0.25, -0.2) is 14.2 Å². The Morgan fingerprint density at radius 1 is 1.17 bits per heavy atom. The number of hydrogen-bond acceptors (Lipinski definition) is 7. The molecular weight excluding hydrogens is 481 g/mol. The van der Waals surface area contributed by atoms with E-state index >= 15 is 0 Å². The van der Waals surface area contributed by atoms with Crippen LogP contribution in [-0.2, 0) is 4.74 Å². The van der Waals surface area contributed by atoms with Gasteiger partial charge >= 0.3 is 6.09 Å². The number of nitrogens with one attached hydrogen (secondary N) is 1. The number of hydrazone groups is 1. The summed E-state index contributed by atoms with van der Waals surface area (Å²) in [4.78, 5) is 30.3. The summed E-state index contributed by atoms with van der Waals surface area (Å²) < 4.78 is 18.9. The minimum atomic E-state index is -0.577. The number of likely N-dealkylation sites (tertiary alicyclic amines) is 1. The van der Waals surface area contributed by atoms with E-state index < -0.39 is 11.5 Å². The van der Waals surface area contributed by atoms with Crippen molar-refractivity contribution < 1.29 is 18.7 Å². The highest BCUT2D eigenvalue weighted by molar-refractivity contribution is 7.11. The monoisotopic (exact) mass is 515 g/mol. The maximum absolute atomic E-state index is 13.4. The average molecular weight is 516 g/mol. The molecule has 1 aromatic heterocycles. The second-order valence-corrected chi connectivity index (χ2v) is 10.2. The first-order chi connectivity index (χ1) is 17.1. The number of piperidine rings is 1. The molecule has 2 amide bonds. The molecule has 36 heavy (non-hydrogen) atoms. The van der Waals surface area contributed by atoms with E-state index in [0.29, 0.717) is 24.5 Å². The summed E-state index contributed by atoms with van der Waals surface area (Å²) in [6.07, 6.45) is 1.65. The van der Waals surface area contributed by atoms with Crippen molar-refractivity contribution in [2.75, 3.05) is 13.1 Å². The van der Waals surface area contributed by atoms with Crippen LogP contribution in [0.5, 0.6) is 0 Å². The van der Waals surface area contributed by atoms with E-state index in [-0.39, 0.29) is 23.5 Å². The zero-order valence-electron chi connectivity index (χ0n) is 21.4. The first kappa shape index (κ1) is 27.3. The Labute approximate surface area is 215 Å². The molecule has 0 atom stereocenters. The van der Waals surface area contributed by atoms with Crippen molar-refractivity contribution in [2.24, 2.45) is 16.8 Å². The number of carbonyl (C=O) groups is 2. The van der Waals surface area contributed by atoms with Crippen LogP contribution in [0.25, 0.3) is 5.57 Å². The Morgan fingerprint density at radius 3 is 2.36 bits per heavy atom. The minimum absolute atomic E-state index is 0.133. The number of carbonyl (C=O) groups excluding carboxylic acids is 2. The van der Waals surface area contributed by atoms with Gasteiger partial charge in [-0.1, -0.05) is 26.0 Å². The van der Waals surface area contributed by atoms with E-state index in [1.807, 2.05) is 34.6 Å². The zero-order valence-corrected chi connectivity index (χ0v) is 22.2. The molecule has 0 aliphatic carbocycles. The lowest BCUT2D eigenvalue weighted by Gasteiger charge is -2.35. The molecule has 0 bridgehead atoms. The van der Waals surface area contributed by atoms with Crippen LogP contribution in [0.15, 0.2) is 40.4 Å². The Kier molecular flexibility index (Phi) is 8.84. The number of nitrogens with zero attached hydrogens (tertiary/aromatic N) is 3. The van der Waals surface area contributed by atoms with Crippen LogP contribution in [0.2, 0.25) is 0 Å². The highest BCUT2D eigenvalue weighted by atomic mass is 32.1. The molecule has 0 saturated carbocycles. The van der Waals surface area contributed by atoms with Crippen molar-refractivity contribution in [1.82, 2.24) is 15.3 Å². The zero-order chi connectivity index (χ0) is 26.5. The number of benzene rings is 1. The molecule has 194 valence electrons. The van der Waals surface area contributed by atoms with Gasteiger partial charge in [0.2, 0.25) is 0 Å². The Morgan fingerprint density at radius 2 is 1.81 bits per heavy atom. The van der Waals surface area contributed by atoms with Gasteiger partial charge in [-0.05, 0) is 51.3 Å². The van der Waals surface area contributed by atoms with Gasteiger partial charge in [-0.15, -0.1) is 11.3 Å². The summed E-state index contributed by atoms with van der Waals surface area (Å²) in [5, 5.41) is 6.92. The molecule has 2 aliphatic heterocycles. The number of allylic oxidation sites excluding steroid dienone is 2.